The van der Waals surface area contributed by atoms with Crippen molar-refractivity contribution >= 4 is 34.3 Å². The Bertz CT molecular complexity index is 1390. The lowest BCUT2D eigenvalue weighted by Crippen LogP contribution is -2.21. The number of ether oxygens (including phenoxy) is 1. The summed E-state index contributed by atoms with van der Waals surface area (Å²) in [5.41, 5.74) is 7.01. The highest BCUT2D eigenvalue weighted by molar-refractivity contribution is 6.03. The Morgan fingerprint density at radius 2 is 2.21 bits per heavy atom. The number of aromatic nitrogens is 3. The lowest BCUT2D eigenvalue weighted by molar-refractivity contribution is 0.0695. The average molecular weight is 468 g/mol. The van der Waals surface area contributed by atoms with E-state index in [1.54, 1.807) is 4.57 Å². The summed E-state index contributed by atoms with van der Waals surface area (Å²) in [4.78, 5) is 29.0. The molecule has 0 saturated heterocycles. The Labute approximate surface area is 194 Å². The van der Waals surface area contributed by atoms with E-state index in [1.165, 1.54) is 19.0 Å². The summed E-state index contributed by atoms with van der Waals surface area (Å²) < 4.78 is 24.7. The van der Waals surface area contributed by atoms with Crippen molar-refractivity contribution in [1.29, 1.82) is 0 Å². The number of anilines is 2. The highest BCUT2D eigenvalue weighted by Gasteiger charge is 2.31. The van der Waals surface area contributed by atoms with Crippen LogP contribution in [-0.4, -0.2) is 38.8 Å². The maximum Gasteiger partial charge on any atom is 0.341 e. The summed E-state index contributed by atoms with van der Waals surface area (Å²) >= 11 is 0. The molecule has 34 heavy (non-hydrogen) atoms. The number of aromatic carboxylic acids is 1. The average Bonchev–Trinajstić information content (AvgIpc) is 3.59. The van der Waals surface area contributed by atoms with E-state index in [4.69, 9.17) is 10.5 Å². The number of aryl methyl sites for hydroxylation is 1. The van der Waals surface area contributed by atoms with Gasteiger partial charge in [-0.05, 0) is 38.2 Å². The number of nitrogens with one attached hydrogen (secondary N) is 1. The zero-order valence-electron chi connectivity index (χ0n) is 18.8. The first kappa shape index (κ1) is 22.0. The van der Waals surface area contributed by atoms with Crippen LogP contribution in [0.3, 0.4) is 0 Å². The number of carbonyl (C=O) groups is 1. The fourth-order valence-corrected chi connectivity index (χ4v) is 4.63. The summed E-state index contributed by atoms with van der Waals surface area (Å²) in [6.45, 7) is 1.15. The van der Waals surface area contributed by atoms with Gasteiger partial charge in [0.1, 0.15) is 11.3 Å². The molecule has 2 heterocycles. The molecule has 3 aromatic rings. The van der Waals surface area contributed by atoms with Crippen LogP contribution in [0.2, 0.25) is 0 Å². The monoisotopic (exact) mass is 467 g/mol. The van der Waals surface area contributed by atoms with Gasteiger partial charge < -0.3 is 30.0 Å². The zero-order chi connectivity index (χ0) is 24.0. The molecule has 0 spiro atoms. The molecule has 0 aliphatic heterocycles. The van der Waals surface area contributed by atoms with Gasteiger partial charge in [-0.25, -0.2) is 14.2 Å². The summed E-state index contributed by atoms with van der Waals surface area (Å²) in [6.07, 6.45) is 11.5. The minimum atomic E-state index is -1.38. The van der Waals surface area contributed by atoms with E-state index in [0.717, 1.165) is 31.4 Å². The third kappa shape index (κ3) is 3.59. The number of methoxy groups -OCH3 is 1. The predicted molar refractivity (Wildman–Crippen MR) is 127 cm³/mol. The molecule has 2 aliphatic rings. The molecule has 0 unspecified atom stereocenters. The Kier molecular flexibility index (Phi) is 5.51. The van der Waals surface area contributed by atoms with Gasteiger partial charge in [-0.1, -0.05) is 6.08 Å². The second-order valence-corrected chi connectivity index (χ2v) is 8.67. The van der Waals surface area contributed by atoms with Crippen molar-refractivity contribution in [1.82, 2.24) is 14.1 Å². The standard InChI is InChI=1S/C24H26FN5O4/c1-34-23-20(27-9-4-10-29-12-28-15-5-2-3-6-16(15)29)18(25)19(26)17-21(23)30(13-7-8-13)11-14(22(17)31)24(32)33/h2,5,11-13,27H,3-4,6-10,26H2,1H3,(H,32,33). The highest BCUT2D eigenvalue weighted by atomic mass is 19.1. The second kappa shape index (κ2) is 8.51. The Morgan fingerprint density at radius 1 is 1.41 bits per heavy atom. The number of hydrogen-bond acceptors (Lipinski definition) is 6. The van der Waals surface area contributed by atoms with Gasteiger partial charge in [-0.2, -0.15) is 0 Å². The van der Waals surface area contributed by atoms with E-state index in [2.05, 4.69) is 20.9 Å². The minimum absolute atomic E-state index is 0.00859. The van der Waals surface area contributed by atoms with E-state index in [1.807, 2.05) is 12.4 Å². The summed E-state index contributed by atoms with van der Waals surface area (Å²) in [5.74, 6) is -2.05. The maximum absolute atomic E-state index is 15.4. The first-order chi connectivity index (χ1) is 16.4. The number of nitrogens with zero attached hydrogens (tertiary/aromatic N) is 3. The third-order valence-corrected chi connectivity index (χ3v) is 6.46. The number of carboxylic acids is 1. The van der Waals surface area contributed by atoms with Crippen molar-refractivity contribution in [2.45, 2.75) is 44.7 Å². The molecule has 0 atom stereocenters. The number of fused-ring (bicyclic) bond motifs is 2. The zero-order valence-corrected chi connectivity index (χ0v) is 18.8. The maximum atomic E-state index is 15.4. The number of carboxylic acid groups (broad SMARTS) is 1. The van der Waals surface area contributed by atoms with Crippen LogP contribution in [0.1, 0.15) is 53.5 Å². The smallest absolute Gasteiger partial charge is 0.341 e. The van der Waals surface area contributed by atoms with Crippen molar-refractivity contribution in [2.24, 2.45) is 0 Å². The van der Waals surface area contributed by atoms with Gasteiger partial charge in [0.25, 0.3) is 0 Å². The first-order valence-corrected chi connectivity index (χ1v) is 11.3. The van der Waals surface area contributed by atoms with Gasteiger partial charge >= 0.3 is 5.97 Å². The van der Waals surface area contributed by atoms with Crippen molar-refractivity contribution in [3.63, 3.8) is 0 Å². The second-order valence-electron chi connectivity index (χ2n) is 8.67. The molecule has 1 fully saturated rings. The topological polar surface area (TPSA) is 124 Å². The molecule has 2 aliphatic carbocycles. The van der Waals surface area contributed by atoms with Crippen LogP contribution >= 0.6 is 0 Å². The molecule has 0 amide bonds. The van der Waals surface area contributed by atoms with Gasteiger partial charge in [0.05, 0.1) is 35.7 Å². The number of pyridine rings is 1. The molecular formula is C24H26FN5O4. The Morgan fingerprint density at radius 3 is 2.91 bits per heavy atom. The first-order valence-electron chi connectivity index (χ1n) is 11.3. The Hall–Kier alpha value is -3.82. The Balaban J connectivity index is 1.48. The fraction of sp³-hybridized carbons (Fsp3) is 0.375. The molecule has 0 bridgehead atoms. The van der Waals surface area contributed by atoms with Gasteiger partial charge in [-0.15, -0.1) is 0 Å². The SMILES string of the molecule is COc1c(NCCCn2cnc3c2CCC=C3)c(F)c(N)c2c(=O)c(C(=O)O)cn(C3CC3)c12. The van der Waals surface area contributed by atoms with Crippen LogP contribution in [-0.2, 0) is 13.0 Å². The molecular weight excluding hydrogens is 441 g/mol. The van der Waals surface area contributed by atoms with Gasteiger partial charge in [0.15, 0.2) is 11.6 Å². The number of rotatable bonds is 8. The molecule has 0 radical (unpaired) electrons. The van der Waals surface area contributed by atoms with Gasteiger partial charge in [-0.3, -0.25) is 4.79 Å². The van der Waals surface area contributed by atoms with Gasteiger partial charge in [0, 0.05) is 31.0 Å². The molecule has 10 heteroatoms. The van der Waals surface area contributed by atoms with Crippen LogP contribution in [0, 0.1) is 5.82 Å². The minimum Gasteiger partial charge on any atom is -0.492 e. The van der Waals surface area contributed by atoms with Crippen molar-refractivity contribution < 1.29 is 19.0 Å². The lowest BCUT2D eigenvalue weighted by atomic mass is 10.1. The van der Waals surface area contributed by atoms with E-state index < -0.39 is 22.8 Å². The lowest BCUT2D eigenvalue weighted by Gasteiger charge is -2.20. The van der Waals surface area contributed by atoms with E-state index in [0.29, 0.717) is 25.0 Å². The van der Waals surface area contributed by atoms with Crippen molar-refractivity contribution in [3.05, 3.63) is 51.6 Å². The van der Waals surface area contributed by atoms with Gasteiger partial charge in [0.2, 0.25) is 5.43 Å². The summed E-state index contributed by atoms with van der Waals surface area (Å²) in [6, 6.07) is 0.00859. The van der Waals surface area contributed by atoms with Crippen LogP contribution < -0.4 is 21.2 Å². The molecule has 1 aromatic carbocycles. The quantitative estimate of drug-likeness (QED) is 0.342. The van der Waals surface area contributed by atoms with E-state index in [-0.39, 0.29) is 28.6 Å². The number of nitrogen functional groups attached to an aromatic ring is 1. The highest BCUT2D eigenvalue weighted by Crippen LogP contribution is 2.44. The largest absolute Gasteiger partial charge is 0.492 e. The molecule has 5 rings (SSSR count). The van der Waals surface area contributed by atoms with E-state index >= 15 is 4.39 Å². The molecule has 178 valence electrons. The number of halogens is 1. The molecule has 2 aromatic heterocycles. The molecule has 4 N–H and O–H groups in total. The van der Waals surface area contributed by atoms with Crippen molar-refractivity contribution in [2.75, 3.05) is 24.7 Å². The fourth-order valence-electron chi connectivity index (χ4n) is 4.63. The molecule has 1 saturated carbocycles. The van der Waals surface area contributed by atoms with Crippen LogP contribution in [0.5, 0.6) is 5.75 Å². The van der Waals surface area contributed by atoms with Crippen LogP contribution in [0.4, 0.5) is 15.8 Å². The number of imidazole rings is 1. The van der Waals surface area contributed by atoms with Crippen LogP contribution in [0.15, 0.2) is 23.4 Å². The summed E-state index contributed by atoms with van der Waals surface area (Å²) in [5, 5.41) is 12.4. The van der Waals surface area contributed by atoms with Crippen molar-refractivity contribution in [3.8, 4) is 5.75 Å². The normalized spacial score (nSPS) is 14.9. The van der Waals surface area contributed by atoms with E-state index in [9.17, 15) is 14.7 Å². The summed E-state index contributed by atoms with van der Waals surface area (Å²) in [7, 11) is 1.40. The predicted octanol–water partition coefficient (Wildman–Crippen LogP) is 3.42. The third-order valence-electron chi connectivity index (χ3n) is 6.46. The molecule has 9 nitrogen and oxygen atoms in total. The number of allylic oxidation sites excluding steroid dienone is 1. The number of benzene rings is 1. The number of hydrogen-bond donors (Lipinski definition) is 3. The van der Waals surface area contributed by atoms with Crippen LogP contribution in [0.25, 0.3) is 17.0 Å². The number of nitrogens with two attached hydrogens (primary N) is 1.